The first kappa shape index (κ1) is 22.3. The summed E-state index contributed by atoms with van der Waals surface area (Å²) in [6.45, 7) is -0.601. The van der Waals surface area contributed by atoms with E-state index >= 15 is 0 Å². The van der Waals surface area contributed by atoms with E-state index in [-0.39, 0.29) is 17.1 Å². The summed E-state index contributed by atoms with van der Waals surface area (Å²) in [4.78, 5) is 12.8. The van der Waals surface area contributed by atoms with Gasteiger partial charge in [0, 0.05) is 6.42 Å². The van der Waals surface area contributed by atoms with Crippen molar-refractivity contribution in [2.24, 2.45) is 0 Å². The van der Waals surface area contributed by atoms with Crippen LogP contribution in [0.2, 0.25) is 0 Å². The number of hydrogen-bond donors (Lipinski definition) is 5. The maximum atomic E-state index is 12.8. The summed E-state index contributed by atoms with van der Waals surface area (Å²) in [5.41, 5.74) is 1.34. The molecular formula is C22H24O10. The van der Waals surface area contributed by atoms with Gasteiger partial charge < -0.3 is 44.5 Å². The van der Waals surface area contributed by atoms with Gasteiger partial charge in [0.2, 0.25) is 6.29 Å². The van der Waals surface area contributed by atoms with Crippen LogP contribution in [0.1, 0.15) is 27.6 Å². The van der Waals surface area contributed by atoms with E-state index in [9.17, 15) is 30.3 Å². The average molecular weight is 448 g/mol. The molecule has 0 bridgehead atoms. The van der Waals surface area contributed by atoms with Gasteiger partial charge in [0.1, 0.15) is 41.8 Å². The Labute approximate surface area is 183 Å². The van der Waals surface area contributed by atoms with Crippen LogP contribution >= 0.6 is 0 Å². The lowest BCUT2D eigenvalue weighted by Gasteiger charge is -2.40. The number of aliphatic hydroxyl groups is 4. The summed E-state index contributed by atoms with van der Waals surface area (Å²) < 4.78 is 21.6. The third-order valence-electron chi connectivity index (χ3n) is 5.64. The number of aliphatic hydroxyl groups excluding tert-OH is 4. The Balaban J connectivity index is 1.58. The number of phenols is 1. The van der Waals surface area contributed by atoms with Crippen molar-refractivity contribution in [3.63, 3.8) is 0 Å². The predicted octanol–water partition coefficient (Wildman–Crippen LogP) is 0.0337. The van der Waals surface area contributed by atoms with Crippen molar-refractivity contribution < 1.29 is 49.3 Å². The van der Waals surface area contributed by atoms with Crippen molar-refractivity contribution in [1.82, 2.24) is 0 Å². The normalized spacial score (nSPS) is 29.7. The molecule has 6 atom stereocenters. The summed E-state index contributed by atoms with van der Waals surface area (Å²) >= 11 is 0. The third kappa shape index (κ3) is 3.98. The molecule has 2 aromatic carbocycles. The third-order valence-corrected chi connectivity index (χ3v) is 5.64. The zero-order chi connectivity index (χ0) is 23.0. The molecule has 0 radical (unpaired) electrons. The number of aromatic hydroxyl groups is 1. The second-order valence-electron chi connectivity index (χ2n) is 7.63. The van der Waals surface area contributed by atoms with E-state index in [1.54, 1.807) is 24.3 Å². The van der Waals surface area contributed by atoms with Gasteiger partial charge in [-0.1, -0.05) is 18.2 Å². The SMILES string of the molecule is COc1ccc([C@@H]2Cc3cccc(O[C@@H]4O[C@H](CO)[C@@H](O)[C@H](O)[C@H]4O)c3C(=O)O2)cc1O. The van der Waals surface area contributed by atoms with Crippen molar-refractivity contribution in [3.8, 4) is 17.2 Å². The Morgan fingerprint density at radius 2 is 1.84 bits per heavy atom. The molecule has 2 aliphatic heterocycles. The molecule has 10 heteroatoms. The van der Waals surface area contributed by atoms with Gasteiger partial charge in [-0.15, -0.1) is 0 Å². The van der Waals surface area contributed by atoms with E-state index < -0.39 is 49.4 Å². The maximum absolute atomic E-state index is 12.8. The van der Waals surface area contributed by atoms with E-state index in [2.05, 4.69) is 0 Å². The van der Waals surface area contributed by atoms with E-state index in [4.69, 9.17) is 18.9 Å². The summed E-state index contributed by atoms with van der Waals surface area (Å²) in [5.74, 6) is -0.391. The second kappa shape index (κ2) is 8.93. The van der Waals surface area contributed by atoms with Crippen molar-refractivity contribution in [2.45, 2.75) is 43.2 Å². The smallest absolute Gasteiger partial charge is 0.342 e. The number of methoxy groups -OCH3 is 1. The van der Waals surface area contributed by atoms with Crippen LogP contribution in [0, 0.1) is 0 Å². The zero-order valence-corrected chi connectivity index (χ0v) is 17.1. The average Bonchev–Trinajstić information content (AvgIpc) is 2.79. The fourth-order valence-electron chi connectivity index (χ4n) is 3.89. The first-order chi connectivity index (χ1) is 15.3. The number of esters is 1. The molecule has 1 fully saturated rings. The van der Waals surface area contributed by atoms with Gasteiger partial charge in [0.25, 0.3) is 0 Å². The largest absolute Gasteiger partial charge is 0.504 e. The molecule has 0 aromatic heterocycles. The van der Waals surface area contributed by atoms with Crippen LogP contribution in [0.25, 0.3) is 0 Å². The molecule has 0 saturated carbocycles. The number of carbonyl (C=O) groups is 1. The Bertz CT molecular complexity index is 991. The fourth-order valence-corrected chi connectivity index (χ4v) is 3.89. The number of cyclic esters (lactones) is 1. The molecule has 4 rings (SSSR count). The molecule has 2 aromatic rings. The summed E-state index contributed by atoms with van der Waals surface area (Å²) in [5, 5.41) is 49.5. The quantitative estimate of drug-likeness (QED) is 0.396. The number of hydrogen-bond acceptors (Lipinski definition) is 10. The van der Waals surface area contributed by atoms with Crippen molar-refractivity contribution in [2.75, 3.05) is 13.7 Å². The Morgan fingerprint density at radius 1 is 1.06 bits per heavy atom. The number of phenolic OH excluding ortho intramolecular Hbond substituents is 1. The summed E-state index contributed by atoms with van der Waals surface area (Å²) in [6.07, 6.45) is -7.65. The highest BCUT2D eigenvalue weighted by Gasteiger charge is 2.45. The molecule has 0 amide bonds. The van der Waals surface area contributed by atoms with Gasteiger partial charge in [0.05, 0.1) is 13.7 Å². The van der Waals surface area contributed by atoms with Gasteiger partial charge in [0.15, 0.2) is 11.5 Å². The van der Waals surface area contributed by atoms with Crippen LogP contribution in [0.4, 0.5) is 0 Å². The van der Waals surface area contributed by atoms with E-state index in [1.165, 1.54) is 19.2 Å². The van der Waals surface area contributed by atoms with E-state index in [0.29, 0.717) is 23.3 Å². The van der Waals surface area contributed by atoms with Gasteiger partial charge >= 0.3 is 5.97 Å². The van der Waals surface area contributed by atoms with Crippen LogP contribution in [-0.4, -0.2) is 75.9 Å². The topological polar surface area (TPSA) is 155 Å². The highest BCUT2D eigenvalue weighted by molar-refractivity contribution is 5.95. The lowest BCUT2D eigenvalue weighted by molar-refractivity contribution is -0.277. The molecule has 32 heavy (non-hydrogen) atoms. The number of carbonyl (C=O) groups excluding carboxylic acids is 1. The van der Waals surface area contributed by atoms with Crippen LogP contribution in [0.15, 0.2) is 36.4 Å². The minimum absolute atomic E-state index is 0.0628. The molecule has 0 unspecified atom stereocenters. The van der Waals surface area contributed by atoms with Crippen molar-refractivity contribution in [3.05, 3.63) is 53.1 Å². The molecule has 10 nitrogen and oxygen atoms in total. The Kier molecular flexibility index (Phi) is 6.22. The molecule has 0 spiro atoms. The van der Waals surface area contributed by atoms with E-state index in [0.717, 1.165) is 0 Å². The van der Waals surface area contributed by atoms with Gasteiger partial charge in [-0.05, 0) is 29.3 Å². The Morgan fingerprint density at radius 3 is 2.53 bits per heavy atom. The lowest BCUT2D eigenvalue weighted by atomic mass is 9.93. The zero-order valence-electron chi connectivity index (χ0n) is 17.1. The minimum Gasteiger partial charge on any atom is -0.504 e. The first-order valence-electron chi connectivity index (χ1n) is 10.0. The number of fused-ring (bicyclic) bond motifs is 1. The minimum atomic E-state index is -1.61. The standard InChI is InChI=1S/C22H24O10/c1-29-13-6-5-10(7-12(13)24)15-8-11-3-2-4-14(17(11)21(28)30-15)31-22-20(27)19(26)18(25)16(9-23)32-22/h2-7,15-16,18-20,22-27H,8-9H2,1H3/t15-,16+,18+,19-,20+,22+/m0/s1. The monoisotopic (exact) mass is 448 g/mol. The molecular weight excluding hydrogens is 424 g/mol. The summed E-state index contributed by atoms with van der Waals surface area (Å²) in [7, 11) is 1.43. The van der Waals surface area contributed by atoms with Crippen LogP contribution in [0.5, 0.6) is 17.2 Å². The van der Waals surface area contributed by atoms with E-state index in [1.807, 2.05) is 0 Å². The number of benzene rings is 2. The highest BCUT2D eigenvalue weighted by Crippen LogP contribution is 2.38. The molecule has 1 saturated heterocycles. The molecule has 172 valence electrons. The van der Waals surface area contributed by atoms with Crippen LogP contribution in [-0.2, 0) is 15.9 Å². The molecule has 2 heterocycles. The molecule has 0 aliphatic carbocycles. The van der Waals surface area contributed by atoms with Crippen molar-refractivity contribution >= 4 is 5.97 Å². The second-order valence-corrected chi connectivity index (χ2v) is 7.63. The van der Waals surface area contributed by atoms with Crippen LogP contribution < -0.4 is 9.47 Å². The number of ether oxygens (including phenoxy) is 4. The van der Waals surface area contributed by atoms with Gasteiger partial charge in [-0.2, -0.15) is 0 Å². The number of rotatable bonds is 5. The lowest BCUT2D eigenvalue weighted by Crippen LogP contribution is -2.60. The highest BCUT2D eigenvalue weighted by atomic mass is 16.7. The molecule has 5 N–H and O–H groups in total. The van der Waals surface area contributed by atoms with Crippen molar-refractivity contribution in [1.29, 1.82) is 0 Å². The van der Waals surface area contributed by atoms with Crippen LogP contribution in [0.3, 0.4) is 0 Å². The van der Waals surface area contributed by atoms with Gasteiger partial charge in [-0.3, -0.25) is 0 Å². The molecule has 2 aliphatic rings. The Hall–Kier alpha value is -2.89. The fraction of sp³-hybridized carbons (Fsp3) is 0.409. The maximum Gasteiger partial charge on any atom is 0.342 e. The first-order valence-corrected chi connectivity index (χ1v) is 10.0. The predicted molar refractivity (Wildman–Crippen MR) is 107 cm³/mol. The van der Waals surface area contributed by atoms with Gasteiger partial charge in [-0.25, -0.2) is 4.79 Å². The summed E-state index contributed by atoms with van der Waals surface area (Å²) in [6, 6.07) is 9.60.